The number of hydrogen-bond donors (Lipinski definition) is 2. The molecule has 0 radical (unpaired) electrons. The van der Waals surface area contributed by atoms with Crippen LogP contribution in [0.5, 0.6) is 0 Å². The minimum absolute atomic E-state index is 0.0709. The Hall–Kier alpha value is -3.11. The van der Waals surface area contributed by atoms with Crippen molar-refractivity contribution in [2.24, 2.45) is 0 Å². The molecule has 1 aliphatic heterocycles. The maximum atomic E-state index is 12.4. The van der Waals surface area contributed by atoms with E-state index in [1.54, 1.807) is 30.6 Å². The Balaban J connectivity index is 1.49. The SMILES string of the molecule is O=C1Cc2cc(S(=O)(=O)NCc3nnc(-c4ccncc4)o3)ccc2N1. The van der Waals surface area contributed by atoms with Crippen molar-refractivity contribution in [2.75, 3.05) is 5.32 Å². The number of nitrogens with zero attached hydrogens (tertiary/aromatic N) is 3. The van der Waals surface area contributed by atoms with Crippen LogP contribution in [0.15, 0.2) is 52.0 Å². The first-order chi connectivity index (χ1) is 12.5. The molecule has 3 heterocycles. The van der Waals surface area contributed by atoms with Crippen molar-refractivity contribution in [1.82, 2.24) is 19.9 Å². The zero-order valence-electron chi connectivity index (χ0n) is 13.3. The van der Waals surface area contributed by atoms with E-state index in [-0.39, 0.29) is 35.5 Å². The Morgan fingerprint density at radius 1 is 1.15 bits per heavy atom. The summed E-state index contributed by atoms with van der Waals surface area (Å²) >= 11 is 0. The van der Waals surface area contributed by atoms with E-state index in [9.17, 15) is 13.2 Å². The molecule has 1 aromatic carbocycles. The van der Waals surface area contributed by atoms with Crippen LogP contribution in [0.3, 0.4) is 0 Å². The predicted octanol–water partition coefficient (Wildman–Crippen LogP) is 1.10. The fraction of sp³-hybridized carbons (Fsp3) is 0.125. The highest BCUT2D eigenvalue weighted by molar-refractivity contribution is 7.89. The summed E-state index contributed by atoms with van der Waals surface area (Å²) in [6.45, 7) is -0.144. The normalized spacial score (nSPS) is 13.5. The van der Waals surface area contributed by atoms with Crippen LogP contribution in [0, 0.1) is 0 Å². The number of sulfonamides is 1. The van der Waals surface area contributed by atoms with Gasteiger partial charge in [-0.3, -0.25) is 9.78 Å². The molecule has 0 saturated heterocycles. The Bertz CT molecular complexity index is 1080. The Morgan fingerprint density at radius 3 is 2.77 bits per heavy atom. The fourth-order valence-corrected chi connectivity index (χ4v) is 3.57. The number of carbonyl (C=O) groups excluding carboxylic acids is 1. The summed E-state index contributed by atoms with van der Waals surface area (Å²) in [6, 6.07) is 7.90. The number of pyridine rings is 1. The highest BCUT2D eigenvalue weighted by Gasteiger charge is 2.22. The summed E-state index contributed by atoms with van der Waals surface area (Å²) in [5.74, 6) is 0.263. The molecule has 0 unspecified atom stereocenters. The summed E-state index contributed by atoms with van der Waals surface area (Å²) in [5, 5.41) is 10.4. The van der Waals surface area contributed by atoms with Crippen LogP contribution in [0.4, 0.5) is 5.69 Å². The van der Waals surface area contributed by atoms with Crippen LogP contribution in [-0.4, -0.2) is 29.5 Å². The van der Waals surface area contributed by atoms with Crippen LogP contribution < -0.4 is 10.0 Å². The lowest BCUT2D eigenvalue weighted by Crippen LogP contribution is -2.23. The zero-order chi connectivity index (χ0) is 18.1. The molecular weight excluding hydrogens is 358 g/mol. The Morgan fingerprint density at radius 2 is 1.96 bits per heavy atom. The summed E-state index contributed by atoms with van der Waals surface area (Å²) < 4.78 is 32.8. The second-order valence-electron chi connectivity index (χ2n) is 5.61. The maximum Gasteiger partial charge on any atom is 0.247 e. The number of hydrogen-bond acceptors (Lipinski definition) is 7. The molecular formula is C16H13N5O4S. The Labute approximate surface area is 148 Å². The molecule has 10 heteroatoms. The van der Waals surface area contributed by atoms with E-state index in [2.05, 4.69) is 25.2 Å². The Kier molecular flexibility index (Phi) is 3.98. The molecule has 2 aromatic heterocycles. The van der Waals surface area contributed by atoms with Crippen molar-refractivity contribution in [1.29, 1.82) is 0 Å². The maximum absolute atomic E-state index is 12.4. The van der Waals surface area contributed by atoms with Gasteiger partial charge in [-0.2, -0.15) is 0 Å². The average Bonchev–Trinajstić information content (AvgIpc) is 3.25. The van der Waals surface area contributed by atoms with Crippen molar-refractivity contribution in [3.63, 3.8) is 0 Å². The van der Waals surface area contributed by atoms with Gasteiger partial charge in [0.2, 0.25) is 27.7 Å². The van der Waals surface area contributed by atoms with E-state index >= 15 is 0 Å². The fourth-order valence-electron chi connectivity index (χ4n) is 2.55. The zero-order valence-corrected chi connectivity index (χ0v) is 14.2. The lowest BCUT2D eigenvalue weighted by Gasteiger charge is -2.06. The number of benzene rings is 1. The van der Waals surface area contributed by atoms with Gasteiger partial charge in [0.1, 0.15) is 0 Å². The van der Waals surface area contributed by atoms with Crippen LogP contribution in [-0.2, 0) is 27.8 Å². The van der Waals surface area contributed by atoms with E-state index < -0.39 is 10.0 Å². The average molecular weight is 371 g/mol. The van der Waals surface area contributed by atoms with Crippen molar-refractivity contribution >= 4 is 21.6 Å². The molecule has 0 atom stereocenters. The first-order valence-corrected chi connectivity index (χ1v) is 9.15. The van der Waals surface area contributed by atoms with E-state index in [0.717, 1.165) is 0 Å². The van der Waals surface area contributed by atoms with Gasteiger partial charge in [0.25, 0.3) is 0 Å². The van der Waals surface area contributed by atoms with Crippen LogP contribution >= 0.6 is 0 Å². The van der Waals surface area contributed by atoms with Gasteiger partial charge in [-0.05, 0) is 35.9 Å². The number of nitrogens with one attached hydrogen (secondary N) is 2. The number of aromatic nitrogens is 3. The standard InChI is InChI=1S/C16H13N5O4S/c22-14-8-11-7-12(1-2-13(11)19-14)26(23,24)18-9-15-20-21-16(25-15)10-3-5-17-6-4-10/h1-7,18H,8-9H2,(H,19,22). The van der Waals surface area contributed by atoms with E-state index in [1.807, 2.05) is 0 Å². The van der Waals surface area contributed by atoms with Gasteiger partial charge in [-0.25, -0.2) is 13.1 Å². The summed E-state index contributed by atoms with van der Waals surface area (Å²) in [7, 11) is -3.78. The molecule has 4 rings (SSSR count). The third-order valence-electron chi connectivity index (χ3n) is 3.82. The van der Waals surface area contributed by atoms with E-state index in [4.69, 9.17) is 4.42 Å². The first kappa shape index (κ1) is 16.4. The summed E-state index contributed by atoms with van der Waals surface area (Å²) in [4.78, 5) is 15.4. The number of rotatable bonds is 5. The summed E-state index contributed by atoms with van der Waals surface area (Å²) in [6.07, 6.45) is 3.35. The molecule has 3 aromatic rings. The predicted molar refractivity (Wildman–Crippen MR) is 90.3 cm³/mol. The molecule has 9 nitrogen and oxygen atoms in total. The van der Waals surface area contributed by atoms with Gasteiger partial charge in [0.15, 0.2) is 0 Å². The minimum Gasteiger partial charge on any atom is -0.419 e. The molecule has 0 spiro atoms. The number of fused-ring (bicyclic) bond motifs is 1. The minimum atomic E-state index is -3.78. The third-order valence-corrected chi connectivity index (χ3v) is 5.22. The number of carbonyl (C=O) groups is 1. The second-order valence-corrected chi connectivity index (χ2v) is 7.37. The topological polar surface area (TPSA) is 127 Å². The first-order valence-electron chi connectivity index (χ1n) is 7.66. The summed E-state index contributed by atoms with van der Waals surface area (Å²) in [5.41, 5.74) is 1.97. The quantitative estimate of drug-likeness (QED) is 0.687. The van der Waals surface area contributed by atoms with Crippen LogP contribution in [0.25, 0.3) is 11.5 Å². The smallest absolute Gasteiger partial charge is 0.247 e. The van der Waals surface area contributed by atoms with Crippen molar-refractivity contribution in [2.45, 2.75) is 17.9 Å². The molecule has 0 fully saturated rings. The molecule has 0 aliphatic carbocycles. The van der Waals surface area contributed by atoms with Gasteiger partial charge in [-0.15, -0.1) is 10.2 Å². The largest absolute Gasteiger partial charge is 0.419 e. The number of anilines is 1. The second kappa shape index (κ2) is 6.32. The van der Waals surface area contributed by atoms with Crippen molar-refractivity contribution < 1.29 is 17.6 Å². The van der Waals surface area contributed by atoms with Crippen LogP contribution in [0.1, 0.15) is 11.5 Å². The highest BCUT2D eigenvalue weighted by Crippen LogP contribution is 2.25. The number of amides is 1. The lowest BCUT2D eigenvalue weighted by atomic mass is 10.2. The molecule has 1 amide bonds. The van der Waals surface area contributed by atoms with Gasteiger partial charge in [0, 0.05) is 23.6 Å². The molecule has 26 heavy (non-hydrogen) atoms. The highest BCUT2D eigenvalue weighted by atomic mass is 32.2. The van der Waals surface area contributed by atoms with Gasteiger partial charge in [-0.1, -0.05) is 0 Å². The van der Waals surface area contributed by atoms with Crippen molar-refractivity contribution in [3.8, 4) is 11.5 Å². The van der Waals surface area contributed by atoms with Gasteiger partial charge >= 0.3 is 0 Å². The van der Waals surface area contributed by atoms with E-state index in [1.165, 1.54) is 12.1 Å². The van der Waals surface area contributed by atoms with Crippen LogP contribution in [0.2, 0.25) is 0 Å². The molecule has 1 aliphatic rings. The van der Waals surface area contributed by atoms with Gasteiger partial charge < -0.3 is 9.73 Å². The molecule has 0 saturated carbocycles. The lowest BCUT2D eigenvalue weighted by molar-refractivity contribution is -0.115. The monoisotopic (exact) mass is 371 g/mol. The van der Waals surface area contributed by atoms with Crippen molar-refractivity contribution in [3.05, 3.63) is 54.2 Å². The molecule has 2 N–H and O–H groups in total. The van der Waals surface area contributed by atoms with Gasteiger partial charge in [0.05, 0.1) is 17.9 Å². The molecule has 132 valence electrons. The molecule has 0 bridgehead atoms. The third kappa shape index (κ3) is 3.19. The van der Waals surface area contributed by atoms with E-state index in [0.29, 0.717) is 16.8 Å².